The van der Waals surface area contributed by atoms with E-state index in [1.54, 1.807) is 31.2 Å². The van der Waals surface area contributed by atoms with Crippen molar-refractivity contribution in [2.75, 3.05) is 17.2 Å². The molecule has 1 heterocycles. The molecule has 1 aromatic rings. The summed E-state index contributed by atoms with van der Waals surface area (Å²) in [6.45, 7) is 1.74. The number of anilines is 1. The normalized spacial score (nSPS) is 25.8. The van der Waals surface area contributed by atoms with Crippen molar-refractivity contribution in [3.8, 4) is 0 Å². The van der Waals surface area contributed by atoms with Crippen molar-refractivity contribution in [2.45, 2.75) is 18.9 Å². The second-order valence-electron chi connectivity index (χ2n) is 4.94. The fraction of sp³-hybridized carbons (Fsp3) is 0.417. The van der Waals surface area contributed by atoms with Gasteiger partial charge in [0, 0.05) is 5.69 Å². The Morgan fingerprint density at radius 1 is 1.39 bits per heavy atom. The third-order valence-electron chi connectivity index (χ3n) is 3.12. The molecule has 1 aliphatic rings. The first kappa shape index (κ1) is 12.9. The van der Waals surface area contributed by atoms with Gasteiger partial charge in [0.15, 0.2) is 9.84 Å². The van der Waals surface area contributed by atoms with E-state index >= 15 is 0 Å². The summed E-state index contributed by atoms with van der Waals surface area (Å²) in [5.74, 6) is -0.223. The van der Waals surface area contributed by atoms with E-state index in [1.807, 2.05) is 0 Å². The topological polar surface area (TPSA) is 89.3 Å². The third kappa shape index (κ3) is 2.64. The van der Waals surface area contributed by atoms with Gasteiger partial charge in [-0.1, -0.05) is 12.1 Å². The van der Waals surface area contributed by atoms with Crippen LogP contribution in [0.4, 0.5) is 5.69 Å². The summed E-state index contributed by atoms with van der Waals surface area (Å²) >= 11 is 0. The molecule has 0 bridgehead atoms. The molecule has 2 rings (SSSR count). The van der Waals surface area contributed by atoms with E-state index in [0.29, 0.717) is 17.7 Å². The Hall–Kier alpha value is -1.56. The van der Waals surface area contributed by atoms with E-state index in [1.165, 1.54) is 0 Å². The highest BCUT2D eigenvalue weighted by Crippen LogP contribution is 2.23. The van der Waals surface area contributed by atoms with Gasteiger partial charge in [0.25, 0.3) is 5.91 Å². The molecule has 1 aliphatic heterocycles. The molecule has 1 aromatic carbocycles. The van der Waals surface area contributed by atoms with Crippen LogP contribution in [0.2, 0.25) is 0 Å². The average molecular weight is 268 g/mol. The molecule has 6 heteroatoms. The van der Waals surface area contributed by atoms with Crippen LogP contribution in [-0.4, -0.2) is 31.4 Å². The van der Waals surface area contributed by atoms with Crippen molar-refractivity contribution in [1.29, 1.82) is 0 Å². The molecule has 0 aliphatic carbocycles. The molecule has 98 valence electrons. The summed E-state index contributed by atoms with van der Waals surface area (Å²) in [7, 11) is -3.04. The van der Waals surface area contributed by atoms with Gasteiger partial charge in [-0.25, -0.2) is 8.42 Å². The van der Waals surface area contributed by atoms with Gasteiger partial charge >= 0.3 is 0 Å². The van der Waals surface area contributed by atoms with Crippen molar-refractivity contribution < 1.29 is 13.2 Å². The lowest BCUT2D eigenvalue weighted by Gasteiger charge is -2.24. The molecule has 0 saturated carbocycles. The maximum absolute atomic E-state index is 12.1. The maximum atomic E-state index is 12.1. The van der Waals surface area contributed by atoms with Crippen LogP contribution in [0, 0.1) is 0 Å². The van der Waals surface area contributed by atoms with Gasteiger partial charge in [0.1, 0.15) is 0 Å². The molecule has 18 heavy (non-hydrogen) atoms. The first-order valence-electron chi connectivity index (χ1n) is 5.69. The van der Waals surface area contributed by atoms with E-state index in [4.69, 9.17) is 5.73 Å². The Bertz CT molecular complexity index is 583. The molecular formula is C12H16N2O3S. The van der Waals surface area contributed by atoms with E-state index in [0.717, 1.165) is 0 Å². The fourth-order valence-electron chi connectivity index (χ4n) is 2.15. The molecule has 3 N–H and O–H groups in total. The highest BCUT2D eigenvalue weighted by Gasteiger charge is 2.39. The fourth-order valence-corrected chi connectivity index (χ4v) is 4.25. The summed E-state index contributed by atoms with van der Waals surface area (Å²) in [6.07, 6.45) is 0.438. The Morgan fingerprint density at radius 2 is 2.06 bits per heavy atom. The van der Waals surface area contributed by atoms with Crippen LogP contribution in [0.3, 0.4) is 0 Å². The summed E-state index contributed by atoms with van der Waals surface area (Å²) < 4.78 is 22.9. The van der Waals surface area contributed by atoms with E-state index in [-0.39, 0.29) is 17.4 Å². The van der Waals surface area contributed by atoms with Crippen LogP contribution >= 0.6 is 0 Å². The number of nitrogen functional groups attached to an aromatic ring is 1. The molecule has 0 radical (unpaired) electrons. The van der Waals surface area contributed by atoms with Gasteiger partial charge in [-0.05, 0) is 25.5 Å². The van der Waals surface area contributed by atoms with Gasteiger partial charge < -0.3 is 11.1 Å². The van der Waals surface area contributed by atoms with Crippen LogP contribution in [0.1, 0.15) is 23.7 Å². The lowest BCUT2D eigenvalue weighted by molar-refractivity contribution is 0.0916. The summed E-state index contributed by atoms with van der Waals surface area (Å²) in [5.41, 5.74) is 5.78. The first-order chi connectivity index (χ1) is 8.31. The van der Waals surface area contributed by atoms with E-state index in [2.05, 4.69) is 5.32 Å². The molecule has 1 atom stereocenters. The van der Waals surface area contributed by atoms with Crippen molar-refractivity contribution in [1.82, 2.24) is 5.32 Å². The van der Waals surface area contributed by atoms with Gasteiger partial charge in [-0.15, -0.1) is 0 Å². The minimum absolute atomic E-state index is 0.0154. The first-order valence-corrected chi connectivity index (χ1v) is 7.51. The lowest BCUT2D eigenvalue weighted by Crippen LogP contribution is -2.47. The molecule has 1 fully saturated rings. The average Bonchev–Trinajstić information content (AvgIpc) is 2.53. The number of amides is 1. The molecule has 1 saturated heterocycles. The van der Waals surface area contributed by atoms with E-state index in [9.17, 15) is 13.2 Å². The minimum Gasteiger partial charge on any atom is -0.398 e. The molecule has 0 aromatic heterocycles. The second-order valence-corrected chi connectivity index (χ2v) is 7.13. The van der Waals surface area contributed by atoms with Gasteiger partial charge in [0.05, 0.1) is 22.6 Å². The standard InChI is InChI=1S/C12H16N2O3S/c1-12(6-7-18(16,17)8-12)14-11(15)9-4-2-3-5-10(9)13/h2-5H,6-8,13H2,1H3,(H,14,15). The lowest BCUT2D eigenvalue weighted by atomic mass is 10.0. The smallest absolute Gasteiger partial charge is 0.253 e. The SMILES string of the molecule is CC1(NC(=O)c2ccccc2N)CCS(=O)(=O)C1. The number of hydrogen-bond acceptors (Lipinski definition) is 4. The zero-order valence-corrected chi connectivity index (χ0v) is 11.0. The summed E-state index contributed by atoms with van der Waals surface area (Å²) in [5, 5.41) is 2.77. The van der Waals surface area contributed by atoms with Crippen molar-refractivity contribution in [3.63, 3.8) is 0 Å². The van der Waals surface area contributed by atoms with Gasteiger partial charge in [-0.3, -0.25) is 4.79 Å². The Balaban J connectivity index is 2.16. The number of benzene rings is 1. The quantitative estimate of drug-likeness (QED) is 0.768. The number of carbonyl (C=O) groups excluding carboxylic acids is 1. The zero-order chi connectivity index (χ0) is 13.4. The van der Waals surface area contributed by atoms with Crippen LogP contribution in [0.25, 0.3) is 0 Å². The number of nitrogens with two attached hydrogens (primary N) is 1. The van der Waals surface area contributed by atoms with E-state index < -0.39 is 15.4 Å². The maximum Gasteiger partial charge on any atom is 0.253 e. The number of sulfone groups is 1. The summed E-state index contributed by atoms with van der Waals surface area (Å²) in [6, 6.07) is 6.73. The highest BCUT2D eigenvalue weighted by atomic mass is 32.2. The number of carbonyl (C=O) groups is 1. The molecule has 1 amide bonds. The second kappa shape index (κ2) is 4.28. The van der Waals surface area contributed by atoms with Crippen molar-refractivity contribution in [3.05, 3.63) is 29.8 Å². The van der Waals surface area contributed by atoms with Crippen LogP contribution in [0.15, 0.2) is 24.3 Å². The molecular weight excluding hydrogens is 252 g/mol. The molecule has 5 nitrogen and oxygen atoms in total. The van der Waals surface area contributed by atoms with Gasteiger partial charge in [0.2, 0.25) is 0 Å². The largest absolute Gasteiger partial charge is 0.398 e. The Labute approximate surface area is 106 Å². The Kier molecular flexibility index (Phi) is 3.06. The third-order valence-corrected chi connectivity index (χ3v) is 5.03. The monoisotopic (exact) mass is 268 g/mol. The molecule has 1 unspecified atom stereocenters. The highest BCUT2D eigenvalue weighted by molar-refractivity contribution is 7.91. The minimum atomic E-state index is -3.04. The number of hydrogen-bond donors (Lipinski definition) is 2. The predicted molar refractivity (Wildman–Crippen MR) is 70.0 cm³/mol. The van der Waals surface area contributed by atoms with Crippen LogP contribution < -0.4 is 11.1 Å². The van der Waals surface area contributed by atoms with Gasteiger partial charge in [-0.2, -0.15) is 0 Å². The molecule has 0 spiro atoms. The van der Waals surface area contributed by atoms with Crippen molar-refractivity contribution in [2.24, 2.45) is 0 Å². The van der Waals surface area contributed by atoms with Crippen molar-refractivity contribution >= 4 is 21.4 Å². The zero-order valence-electron chi connectivity index (χ0n) is 10.1. The number of para-hydroxylation sites is 1. The Morgan fingerprint density at radius 3 is 2.61 bits per heavy atom. The van der Waals surface area contributed by atoms with Crippen LogP contribution in [-0.2, 0) is 9.84 Å². The number of nitrogens with one attached hydrogen (secondary N) is 1. The number of rotatable bonds is 2. The summed E-state index contributed by atoms with van der Waals surface area (Å²) in [4.78, 5) is 12.1. The predicted octanol–water partition coefficient (Wildman–Crippen LogP) is 0.576. The van der Waals surface area contributed by atoms with Crippen LogP contribution in [0.5, 0.6) is 0 Å².